The molecule has 1 aliphatic rings. The number of nitrogens with one attached hydrogen (secondary N) is 2. The smallest absolute Gasteiger partial charge is 0.321 e. The van der Waals surface area contributed by atoms with Crippen LogP contribution in [0.4, 0.5) is 4.79 Å². The van der Waals surface area contributed by atoms with Crippen LogP contribution in [0.1, 0.15) is 45.4 Å². The van der Waals surface area contributed by atoms with E-state index in [-0.39, 0.29) is 24.7 Å². The van der Waals surface area contributed by atoms with Gasteiger partial charge in [0.05, 0.1) is 6.42 Å². The van der Waals surface area contributed by atoms with E-state index in [9.17, 15) is 19.2 Å². The number of esters is 1. The summed E-state index contributed by atoms with van der Waals surface area (Å²) in [6, 6.07) is -0.456. The monoisotopic (exact) mass is 284 g/mol. The van der Waals surface area contributed by atoms with Gasteiger partial charge in [0.25, 0.3) is 5.91 Å². The van der Waals surface area contributed by atoms with Gasteiger partial charge in [-0.15, -0.1) is 0 Å². The first-order valence-corrected chi connectivity index (χ1v) is 6.73. The second kappa shape index (κ2) is 8.29. The molecule has 1 fully saturated rings. The highest BCUT2D eigenvalue weighted by atomic mass is 16.5. The number of carbonyl (C=O) groups excluding carboxylic acids is 4. The molecule has 3 amide bonds. The van der Waals surface area contributed by atoms with Crippen LogP contribution in [0.15, 0.2) is 0 Å². The largest absolute Gasteiger partial charge is 0.456 e. The molecule has 1 aliphatic carbocycles. The number of urea groups is 1. The van der Waals surface area contributed by atoms with Crippen LogP contribution >= 0.6 is 0 Å². The van der Waals surface area contributed by atoms with Gasteiger partial charge in [-0.1, -0.05) is 12.8 Å². The lowest BCUT2D eigenvalue weighted by Gasteiger charge is -2.12. The van der Waals surface area contributed by atoms with E-state index in [0.717, 1.165) is 25.7 Å². The Morgan fingerprint density at radius 3 is 2.35 bits per heavy atom. The van der Waals surface area contributed by atoms with Gasteiger partial charge in [-0.05, 0) is 19.8 Å². The van der Waals surface area contributed by atoms with Crippen molar-refractivity contribution in [3.05, 3.63) is 0 Å². The molecule has 0 unspecified atom stereocenters. The molecule has 0 spiro atoms. The topological polar surface area (TPSA) is 102 Å². The third-order valence-electron chi connectivity index (χ3n) is 2.99. The predicted molar refractivity (Wildman–Crippen MR) is 69.8 cm³/mol. The average Bonchev–Trinajstić information content (AvgIpc) is 2.86. The molecule has 0 heterocycles. The molecule has 7 nitrogen and oxygen atoms in total. The van der Waals surface area contributed by atoms with E-state index in [4.69, 9.17) is 0 Å². The minimum Gasteiger partial charge on any atom is -0.456 e. The van der Waals surface area contributed by atoms with Crippen molar-refractivity contribution in [3.63, 3.8) is 0 Å². The Labute approximate surface area is 117 Å². The Bertz CT molecular complexity index is 388. The van der Waals surface area contributed by atoms with E-state index in [1.165, 1.54) is 6.92 Å². The van der Waals surface area contributed by atoms with E-state index in [1.807, 2.05) is 0 Å². The second-order valence-electron chi connectivity index (χ2n) is 4.87. The molecule has 112 valence electrons. The second-order valence-corrected chi connectivity index (χ2v) is 4.87. The molecule has 0 bridgehead atoms. The summed E-state index contributed by atoms with van der Waals surface area (Å²) < 4.78 is 4.64. The van der Waals surface area contributed by atoms with Crippen molar-refractivity contribution in [2.24, 2.45) is 0 Å². The van der Waals surface area contributed by atoms with Crippen molar-refractivity contribution < 1.29 is 23.9 Å². The zero-order chi connectivity index (χ0) is 15.0. The zero-order valence-corrected chi connectivity index (χ0v) is 11.6. The fraction of sp³-hybridized carbons (Fsp3) is 0.692. The number of ether oxygens (including phenoxy) is 1. The molecule has 0 aromatic heterocycles. The summed E-state index contributed by atoms with van der Waals surface area (Å²) in [7, 11) is 0. The molecule has 7 heteroatoms. The van der Waals surface area contributed by atoms with Gasteiger partial charge in [0, 0.05) is 12.5 Å². The number of amides is 3. The minimum atomic E-state index is -0.684. The van der Waals surface area contributed by atoms with Crippen LogP contribution in [0.3, 0.4) is 0 Å². The van der Waals surface area contributed by atoms with E-state index in [0.29, 0.717) is 0 Å². The van der Waals surface area contributed by atoms with Crippen LogP contribution in [0.5, 0.6) is 0 Å². The summed E-state index contributed by atoms with van der Waals surface area (Å²) in [6.45, 7) is 0.849. The van der Waals surface area contributed by atoms with Crippen molar-refractivity contribution in [1.82, 2.24) is 10.6 Å². The minimum absolute atomic E-state index is 0.0586. The normalized spacial score (nSPS) is 14.7. The van der Waals surface area contributed by atoms with E-state index >= 15 is 0 Å². The lowest BCUT2D eigenvalue weighted by molar-refractivity contribution is -0.148. The number of hydrogen-bond acceptors (Lipinski definition) is 5. The number of ketones is 1. The van der Waals surface area contributed by atoms with Gasteiger partial charge in [0.1, 0.15) is 5.78 Å². The molecule has 1 rings (SSSR count). The van der Waals surface area contributed by atoms with Gasteiger partial charge in [0.2, 0.25) is 0 Å². The van der Waals surface area contributed by atoms with E-state index in [1.54, 1.807) is 0 Å². The maximum atomic E-state index is 11.4. The zero-order valence-electron chi connectivity index (χ0n) is 11.6. The first-order valence-electron chi connectivity index (χ1n) is 6.73. The average molecular weight is 284 g/mol. The molecular formula is C13H20N2O5. The van der Waals surface area contributed by atoms with E-state index in [2.05, 4.69) is 15.4 Å². The maximum Gasteiger partial charge on any atom is 0.321 e. The molecule has 1 saturated carbocycles. The summed E-state index contributed by atoms with van der Waals surface area (Å²) in [5.41, 5.74) is 0. The van der Waals surface area contributed by atoms with Crippen LogP contribution < -0.4 is 10.6 Å². The molecule has 0 aromatic carbocycles. The SMILES string of the molecule is CC(=O)CCC(=O)OCC(=O)NC(=O)NC1CCCC1. The highest BCUT2D eigenvalue weighted by Crippen LogP contribution is 2.17. The molecular weight excluding hydrogens is 264 g/mol. The fourth-order valence-corrected chi connectivity index (χ4v) is 1.95. The molecule has 0 atom stereocenters. The van der Waals surface area contributed by atoms with Gasteiger partial charge < -0.3 is 14.8 Å². The number of Topliss-reactive ketones (excluding diaryl/α,β-unsaturated/α-hetero) is 1. The standard InChI is InChI=1S/C13H20N2O5/c1-9(16)6-7-12(18)20-8-11(17)15-13(19)14-10-4-2-3-5-10/h10H,2-8H2,1H3,(H2,14,15,17,19). The van der Waals surface area contributed by atoms with Crippen molar-refractivity contribution in [2.75, 3.05) is 6.61 Å². The van der Waals surface area contributed by atoms with Crippen molar-refractivity contribution in [1.29, 1.82) is 0 Å². The number of hydrogen-bond donors (Lipinski definition) is 2. The molecule has 0 aromatic rings. The van der Waals surface area contributed by atoms with Gasteiger partial charge >= 0.3 is 12.0 Å². The Morgan fingerprint density at radius 1 is 1.10 bits per heavy atom. The third-order valence-corrected chi connectivity index (χ3v) is 2.99. The summed E-state index contributed by atoms with van der Waals surface area (Å²) in [5, 5.41) is 4.78. The van der Waals surface area contributed by atoms with Crippen LogP contribution in [0, 0.1) is 0 Å². The van der Waals surface area contributed by atoms with Gasteiger partial charge in [-0.25, -0.2) is 4.79 Å². The van der Waals surface area contributed by atoms with E-state index < -0.39 is 24.5 Å². The van der Waals surface area contributed by atoms with Gasteiger partial charge in [-0.2, -0.15) is 0 Å². The lowest BCUT2D eigenvalue weighted by atomic mass is 10.2. The predicted octanol–water partition coefficient (Wildman–Crippen LogP) is 0.667. The van der Waals surface area contributed by atoms with Gasteiger partial charge in [-0.3, -0.25) is 14.9 Å². The first-order chi connectivity index (χ1) is 9.47. The Hall–Kier alpha value is -1.92. The summed E-state index contributed by atoms with van der Waals surface area (Å²) in [6.07, 6.45) is 4.02. The number of carbonyl (C=O) groups is 4. The summed E-state index contributed by atoms with van der Waals surface area (Å²) >= 11 is 0. The third kappa shape index (κ3) is 6.86. The van der Waals surface area contributed by atoms with Crippen molar-refractivity contribution in [2.45, 2.75) is 51.5 Å². The molecule has 0 radical (unpaired) electrons. The first kappa shape index (κ1) is 16.1. The maximum absolute atomic E-state index is 11.4. The van der Waals surface area contributed by atoms with Crippen molar-refractivity contribution >= 4 is 23.7 Å². The highest BCUT2D eigenvalue weighted by molar-refractivity contribution is 5.95. The van der Waals surface area contributed by atoms with Crippen LogP contribution in [-0.4, -0.2) is 36.3 Å². The Balaban J connectivity index is 2.14. The van der Waals surface area contributed by atoms with Crippen LogP contribution in [0.25, 0.3) is 0 Å². The summed E-state index contributed by atoms with van der Waals surface area (Å²) in [5.74, 6) is -1.44. The fourth-order valence-electron chi connectivity index (χ4n) is 1.95. The lowest BCUT2D eigenvalue weighted by Crippen LogP contribution is -2.44. The highest BCUT2D eigenvalue weighted by Gasteiger charge is 2.18. The van der Waals surface area contributed by atoms with Gasteiger partial charge in [0.15, 0.2) is 6.61 Å². The molecule has 20 heavy (non-hydrogen) atoms. The molecule has 0 saturated heterocycles. The molecule has 2 N–H and O–H groups in total. The number of rotatable bonds is 6. The van der Waals surface area contributed by atoms with Crippen molar-refractivity contribution in [3.8, 4) is 0 Å². The Morgan fingerprint density at radius 2 is 1.75 bits per heavy atom. The molecule has 0 aliphatic heterocycles. The summed E-state index contributed by atoms with van der Waals surface area (Å²) in [4.78, 5) is 44.6. The quantitative estimate of drug-likeness (QED) is 0.698. The Kier molecular flexibility index (Phi) is 6.69. The number of imide groups is 1. The van der Waals surface area contributed by atoms with Crippen LogP contribution in [0.2, 0.25) is 0 Å². The van der Waals surface area contributed by atoms with Crippen LogP contribution in [-0.2, 0) is 19.1 Å².